The standard InChI is InChI=1S/C12H11Cl2NO3S/c13-11-4-2-1-3-9(11)8-19(16,17)15-7-10-5-6-12(14)18-10/h1-6,15H,7-8H2. The largest absolute Gasteiger partial charge is 0.448 e. The summed E-state index contributed by atoms with van der Waals surface area (Å²) in [6.45, 7) is 0.0551. The van der Waals surface area contributed by atoms with Gasteiger partial charge in [0.15, 0.2) is 5.22 Å². The third kappa shape index (κ3) is 4.24. The monoisotopic (exact) mass is 319 g/mol. The van der Waals surface area contributed by atoms with Gasteiger partial charge >= 0.3 is 0 Å². The lowest BCUT2D eigenvalue weighted by atomic mass is 10.2. The van der Waals surface area contributed by atoms with Crippen LogP contribution in [0.15, 0.2) is 40.8 Å². The van der Waals surface area contributed by atoms with E-state index in [4.69, 9.17) is 27.6 Å². The summed E-state index contributed by atoms with van der Waals surface area (Å²) < 4.78 is 31.3. The van der Waals surface area contributed by atoms with E-state index in [1.54, 1.807) is 36.4 Å². The number of rotatable bonds is 5. The first-order valence-electron chi connectivity index (χ1n) is 5.41. The minimum Gasteiger partial charge on any atom is -0.448 e. The Bertz CT molecular complexity index is 667. The van der Waals surface area contributed by atoms with Crippen LogP contribution in [0.5, 0.6) is 0 Å². The summed E-state index contributed by atoms with van der Waals surface area (Å²) in [5, 5.41) is 0.647. The maximum absolute atomic E-state index is 11.9. The Labute approximate surface area is 121 Å². The summed E-state index contributed by atoms with van der Waals surface area (Å²) in [4.78, 5) is 0. The lowest BCUT2D eigenvalue weighted by Crippen LogP contribution is -2.24. The number of nitrogens with one attached hydrogen (secondary N) is 1. The van der Waals surface area contributed by atoms with E-state index in [2.05, 4.69) is 4.72 Å². The molecule has 2 rings (SSSR count). The summed E-state index contributed by atoms with van der Waals surface area (Å²) in [5.74, 6) is 0.272. The minimum atomic E-state index is -3.48. The molecule has 0 atom stereocenters. The normalized spacial score (nSPS) is 11.7. The number of sulfonamides is 1. The zero-order chi connectivity index (χ0) is 13.9. The molecule has 1 aromatic carbocycles. The van der Waals surface area contributed by atoms with Gasteiger partial charge in [0.05, 0.1) is 12.3 Å². The van der Waals surface area contributed by atoms with Crippen molar-refractivity contribution in [3.8, 4) is 0 Å². The van der Waals surface area contributed by atoms with Gasteiger partial charge in [0, 0.05) is 5.02 Å². The quantitative estimate of drug-likeness (QED) is 0.920. The molecule has 102 valence electrons. The van der Waals surface area contributed by atoms with Gasteiger partial charge in [-0.3, -0.25) is 0 Å². The summed E-state index contributed by atoms with van der Waals surface area (Å²) >= 11 is 11.5. The van der Waals surface area contributed by atoms with E-state index in [0.29, 0.717) is 16.3 Å². The van der Waals surface area contributed by atoms with Crippen LogP contribution in [0.25, 0.3) is 0 Å². The van der Waals surface area contributed by atoms with Gasteiger partial charge in [-0.2, -0.15) is 0 Å². The Balaban J connectivity index is 2.01. The average Bonchev–Trinajstić information content (AvgIpc) is 2.76. The lowest BCUT2D eigenvalue weighted by molar-refractivity contribution is 0.500. The van der Waals surface area contributed by atoms with E-state index < -0.39 is 10.0 Å². The second-order valence-corrected chi connectivity index (χ2v) is 6.46. The van der Waals surface area contributed by atoms with Crippen LogP contribution in [0.3, 0.4) is 0 Å². The van der Waals surface area contributed by atoms with Crippen molar-refractivity contribution in [1.29, 1.82) is 0 Å². The smallest absolute Gasteiger partial charge is 0.216 e. The van der Waals surface area contributed by atoms with Gasteiger partial charge < -0.3 is 4.42 Å². The van der Waals surface area contributed by atoms with Crippen molar-refractivity contribution in [2.45, 2.75) is 12.3 Å². The highest BCUT2D eigenvalue weighted by molar-refractivity contribution is 7.88. The molecule has 0 amide bonds. The van der Waals surface area contributed by atoms with E-state index >= 15 is 0 Å². The molecule has 1 N–H and O–H groups in total. The first-order chi connectivity index (χ1) is 8.96. The Kier molecular flexibility index (Phi) is 4.52. The molecule has 7 heteroatoms. The van der Waals surface area contributed by atoms with Crippen LogP contribution in [-0.2, 0) is 22.3 Å². The molecule has 0 fully saturated rings. The average molecular weight is 320 g/mol. The second kappa shape index (κ2) is 5.96. The van der Waals surface area contributed by atoms with Crippen molar-refractivity contribution in [2.75, 3.05) is 0 Å². The van der Waals surface area contributed by atoms with Crippen LogP contribution in [0.1, 0.15) is 11.3 Å². The van der Waals surface area contributed by atoms with Crippen LogP contribution in [0.2, 0.25) is 10.2 Å². The number of hydrogen-bond acceptors (Lipinski definition) is 3. The zero-order valence-electron chi connectivity index (χ0n) is 9.77. The Hall–Kier alpha value is -1.01. The van der Waals surface area contributed by atoms with Gasteiger partial charge in [0.1, 0.15) is 5.76 Å². The Morgan fingerprint density at radius 2 is 1.84 bits per heavy atom. The van der Waals surface area contributed by atoms with Gasteiger partial charge in [-0.1, -0.05) is 29.8 Å². The number of hydrogen-bond donors (Lipinski definition) is 1. The van der Waals surface area contributed by atoms with Crippen molar-refractivity contribution in [3.63, 3.8) is 0 Å². The fourth-order valence-electron chi connectivity index (χ4n) is 1.50. The maximum Gasteiger partial charge on any atom is 0.216 e. The molecule has 0 unspecified atom stereocenters. The predicted molar refractivity (Wildman–Crippen MR) is 74.6 cm³/mol. The van der Waals surface area contributed by atoms with Crippen LogP contribution < -0.4 is 4.72 Å². The summed E-state index contributed by atoms with van der Waals surface area (Å²) in [6.07, 6.45) is 0. The van der Waals surface area contributed by atoms with Gasteiger partial charge in [0.2, 0.25) is 10.0 Å². The fourth-order valence-corrected chi connectivity index (χ4v) is 3.07. The molecule has 1 heterocycles. The van der Waals surface area contributed by atoms with Gasteiger partial charge in [-0.15, -0.1) is 0 Å². The van der Waals surface area contributed by atoms with Crippen molar-refractivity contribution < 1.29 is 12.8 Å². The van der Waals surface area contributed by atoms with Crippen LogP contribution in [0, 0.1) is 0 Å². The van der Waals surface area contributed by atoms with Crippen LogP contribution in [-0.4, -0.2) is 8.42 Å². The molecule has 0 radical (unpaired) electrons. The molecule has 0 aliphatic rings. The molecule has 0 spiro atoms. The SMILES string of the molecule is O=S(=O)(Cc1ccccc1Cl)NCc1ccc(Cl)o1. The van der Waals surface area contributed by atoms with Gasteiger partial charge in [-0.25, -0.2) is 13.1 Å². The number of halogens is 2. The first kappa shape index (κ1) is 14.4. The van der Waals surface area contributed by atoms with Gasteiger partial charge in [0.25, 0.3) is 0 Å². The Morgan fingerprint density at radius 3 is 2.47 bits per heavy atom. The molecule has 0 saturated heterocycles. The van der Waals surface area contributed by atoms with Crippen molar-refractivity contribution in [2.24, 2.45) is 0 Å². The van der Waals surface area contributed by atoms with Crippen LogP contribution in [0.4, 0.5) is 0 Å². The van der Waals surface area contributed by atoms with E-state index in [1.165, 1.54) is 0 Å². The number of furan rings is 1. The predicted octanol–water partition coefficient (Wildman–Crippen LogP) is 3.21. The molecule has 4 nitrogen and oxygen atoms in total. The highest BCUT2D eigenvalue weighted by Crippen LogP contribution is 2.18. The summed E-state index contributed by atoms with van der Waals surface area (Å²) in [6, 6.07) is 9.98. The molecule has 1 aromatic heterocycles. The lowest BCUT2D eigenvalue weighted by Gasteiger charge is -2.06. The summed E-state index contributed by atoms with van der Waals surface area (Å²) in [5.41, 5.74) is 0.550. The highest BCUT2D eigenvalue weighted by atomic mass is 35.5. The topological polar surface area (TPSA) is 59.3 Å². The molecular formula is C12H11Cl2NO3S. The second-order valence-electron chi connectivity index (χ2n) is 3.88. The maximum atomic E-state index is 11.9. The highest BCUT2D eigenvalue weighted by Gasteiger charge is 2.14. The fraction of sp³-hybridized carbons (Fsp3) is 0.167. The van der Waals surface area contributed by atoms with E-state index in [0.717, 1.165) is 0 Å². The Morgan fingerprint density at radius 1 is 1.11 bits per heavy atom. The van der Waals surface area contributed by atoms with E-state index in [-0.39, 0.29) is 17.5 Å². The molecule has 2 aromatic rings. The van der Waals surface area contributed by atoms with Crippen LogP contribution >= 0.6 is 23.2 Å². The van der Waals surface area contributed by atoms with Crippen molar-refractivity contribution in [1.82, 2.24) is 4.72 Å². The van der Waals surface area contributed by atoms with E-state index in [1.807, 2.05) is 0 Å². The van der Waals surface area contributed by atoms with Crippen molar-refractivity contribution >= 4 is 33.2 Å². The van der Waals surface area contributed by atoms with Gasteiger partial charge in [-0.05, 0) is 35.4 Å². The molecular weight excluding hydrogens is 309 g/mol. The minimum absolute atomic E-state index is 0.0551. The molecule has 0 aliphatic heterocycles. The molecule has 0 saturated carbocycles. The first-order valence-corrected chi connectivity index (χ1v) is 7.82. The number of benzene rings is 1. The third-order valence-corrected chi connectivity index (χ3v) is 4.25. The summed E-state index contributed by atoms with van der Waals surface area (Å²) in [7, 11) is -3.48. The molecule has 19 heavy (non-hydrogen) atoms. The molecule has 0 bridgehead atoms. The van der Waals surface area contributed by atoms with E-state index in [9.17, 15) is 8.42 Å². The zero-order valence-corrected chi connectivity index (χ0v) is 12.1. The molecule has 0 aliphatic carbocycles. The van der Waals surface area contributed by atoms with Crippen molar-refractivity contribution in [3.05, 3.63) is 58.0 Å². The third-order valence-electron chi connectivity index (χ3n) is 2.40.